The Morgan fingerprint density at radius 1 is 1.26 bits per heavy atom. The van der Waals surface area contributed by atoms with Crippen LogP contribution < -0.4 is 5.32 Å². The molecule has 0 saturated carbocycles. The van der Waals surface area contributed by atoms with E-state index in [1.54, 1.807) is 42.1 Å². The van der Waals surface area contributed by atoms with Crippen molar-refractivity contribution in [2.24, 2.45) is 0 Å². The second-order valence-electron chi connectivity index (χ2n) is 5.77. The standard InChI is InChI=1S/C17H15Cl2N5O3/c1-10(24-14(17(26)27)4-6-20-24)16(25)21-15-5-7-23(22-15)9-11-2-3-12(18)8-13(11)19/h2-8,10H,9H2,1H3,(H,26,27)(H,21,22,25). The number of carboxylic acid groups (broad SMARTS) is 1. The fourth-order valence-corrected chi connectivity index (χ4v) is 2.94. The predicted molar refractivity (Wildman–Crippen MR) is 100 cm³/mol. The topological polar surface area (TPSA) is 102 Å². The van der Waals surface area contributed by atoms with E-state index in [4.69, 9.17) is 28.3 Å². The Morgan fingerprint density at radius 2 is 2.04 bits per heavy atom. The summed E-state index contributed by atoms with van der Waals surface area (Å²) in [5.41, 5.74) is 0.763. The molecule has 0 fully saturated rings. The molecule has 2 N–H and O–H groups in total. The highest BCUT2D eigenvalue weighted by molar-refractivity contribution is 6.35. The van der Waals surface area contributed by atoms with Gasteiger partial charge in [-0.05, 0) is 30.7 Å². The first-order valence-corrected chi connectivity index (χ1v) is 8.66. The second-order valence-corrected chi connectivity index (χ2v) is 6.61. The van der Waals surface area contributed by atoms with E-state index >= 15 is 0 Å². The van der Waals surface area contributed by atoms with Crippen LogP contribution in [0.1, 0.15) is 29.0 Å². The third kappa shape index (κ3) is 4.29. The van der Waals surface area contributed by atoms with E-state index in [9.17, 15) is 9.59 Å². The SMILES string of the molecule is CC(C(=O)Nc1ccn(Cc2ccc(Cl)cc2Cl)n1)n1nccc1C(=O)O. The minimum absolute atomic E-state index is 0.0689. The summed E-state index contributed by atoms with van der Waals surface area (Å²) in [5, 5.41) is 21.0. The highest BCUT2D eigenvalue weighted by Crippen LogP contribution is 2.22. The summed E-state index contributed by atoms with van der Waals surface area (Å²) in [7, 11) is 0. The van der Waals surface area contributed by atoms with Crippen LogP contribution in [0.15, 0.2) is 42.7 Å². The smallest absolute Gasteiger partial charge is 0.354 e. The molecule has 0 radical (unpaired) electrons. The molecule has 1 amide bonds. The molecule has 1 unspecified atom stereocenters. The normalized spacial score (nSPS) is 12.0. The summed E-state index contributed by atoms with van der Waals surface area (Å²) in [6.07, 6.45) is 3.03. The van der Waals surface area contributed by atoms with Crippen LogP contribution in [-0.2, 0) is 11.3 Å². The largest absolute Gasteiger partial charge is 0.477 e. The van der Waals surface area contributed by atoms with E-state index in [0.717, 1.165) is 10.2 Å². The van der Waals surface area contributed by atoms with E-state index in [0.29, 0.717) is 22.4 Å². The van der Waals surface area contributed by atoms with Gasteiger partial charge in [-0.1, -0.05) is 29.3 Å². The molecule has 2 aromatic heterocycles. The van der Waals surface area contributed by atoms with Gasteiger partial charge < -0.3 is 10.4 Å². The molecule has 0 bridgehead atoms. The lowest BCUT2D eigenvalue weighted by atomic mass is 10.2. The van der Waals surface area contributed by atoms with Gasteiger partial charge in [0.2, 0.25) is 5.91 Å². The Balaban J connectivity index is 1.69. The monoisotopic (exact) mass is 407 g/mol. The average molecular weight is 408 g/mol. The first-order valence-electron chi connectivity index (χ1n) is 7.90. The highest BCUT2D eigenvalue weighted by Gasteiger charge is 2.22. The molecule has 3 rings (SSSR count). The number of carbonyl (C=O) groups excluding carboxylic acids is 1. The first kappa shape index (κ1) is 18.9. The number of aromatic carboxylic acids is 1. The number of nitrogens with zero attached hydrogens (tertiary/aromatic N) is 4. The summed E-state index contributed by atoms with van der Waals surface area (Å²) in [5.74, 6) is -1.26. The zero-order valence-electron chi connectivity index (χ0n) is 14.1. The van der Waals surface area contributed by atoms with Crippen molar-refractivity contribution < 1.29 is 14.7 Å². The maximum absolute atomic E-state index is 12.4. The van der Waals surface area contributed by atoms with Gasteiger partial charge in [-0.25, -0.2) is 9.48 Å². The van der Waals surface area contributed by atoms with Gasteiger partial charge in [0.15, 0.2) is 5.82 Å². The van der Waals surface area contributed by atoms with Crippen LogP contribution >= 0.6 is 23.2 Å². The third-order valence-electron chi connectivity index (χ3n) is 3.88. The number of anilines is 1. The number of amides is 1. The Morgan fingerprint density at radius 3 is 2.74 bits per heavy atom. The molecule has 0 spiro atoms. The average Bonchev–Trinajstić information content (AvgIpc) is 3.26. The van der Waals surface area contributed by atoms with Gasteiger partial charge in [0.05, 0.1) is 6.54 Å². The van der Waals surface area contributed by atoms with Crippen LogP contribution in [0, 0.1) is 0 Å². The Kier molecular flexibility index (Phi) is 5.48. The minimum Gasteiger partial charge on any atom is -0.477 e. The van der Waals surface area contributed by atoms with Crippen molar-refractivity contribution in [1.82, 2.24) is 19.6 Å². The lowest BCUT2D eigenvalue weighted by Gasteiger charge is -2.13. The van der Waals surface area contributed by atoms with Crippen molar-refractivity contribution in [1.29, 1.82) is 0 Å². The van der Waals surface area contributed by atoms with Crippen molar-refractivity contribution in [3.63, 3.8) is 0 Å². The highest BCUT2D eigenvalue weighted by atomic mass is 35.5. The third-order valence-corrected chi connectivity index (χ3v) is 4.46. The van der Waals surface area contributed by atoms with Crippen LogP contribution in [0.3, 0.4) is 0 Å². The van der Waals surface area contributed by atoms with E-state index in [1.807, 2.05) is 0 Å². The van der Waals surface area contributed by atoms with Gasteiger partial charge in [-0.3, -0.25) is 9.48 Å². The number of aromatic nitrogens is 4. The van der Waals surface area contributed by atoms with E-state index in [2.05, 4.69) is 15.5 Å². The molecule has 0 aliphatic rings. The van der Waals surface area contributed by atoms with Gasteiger partial charge >= 0.3 is 5.97 Å². The molecule has 8 nitrogen and oxygen atoms in total. The second kappa shape index (κ2) is 7.81. The number of benzene rings is 1. The van der Waals surface area contributed by atoms with Crippen molar-refractivity contribution >= 4 is 40.9 Å². The van der Waals surface area contributed by atoms with Gasteiger partial charge in [0, 0.05) is 28.5 Å². The Labute approximate surface area is 164 Å². The Hall–Kier alpha value is -2.84. The van der Waals surface area contributed by atoms with Gasteiger partial charge in [-0.15, -0.1) is 0 Å². The van der Waals surface area contributed by atoms with E-state index in [-0.39, 0.29) is 5.69 Å². The van der Waals surface area contributed by atoms with Gasteiger partial charge in [-0.2, -0.15) is 10.2 Å². The molecule has 0 saturated heterocycles. The molecule has 10 heteroatoms. The van der Waals surface area contributed by atoms with Crippen molar-refractivity contribution in [3.8, 4) is 0 Å². The number of carbonyl (C=O) groups is 2. The summed E-state index contributed by atoms with van der Waals surface area (Å²) in [4.78, 5) is 23.6. The van der Waals surface area contributed by atoms with Crippen molar-refractivity contribution in [2.45, 2.75) is 19.5 Å². The fourth-order valence-electron chi connectivity index (χ4n) is 2.47. The molecule has 1 aromatic carbocycles. The maximum atomic E-state index is 12.4. The van der Waals surface area contributed by atoms with Crippen LogP contribution in [0.4, 0.5) is 5.82 Å². The Bertz CT molecular complexity index is 998. The van der Waals surface area contributed by atoms with Crippen LogP contribution in [-0.4, -0.2) is 36.5 Å². The van der Waals surface area contributed by atoms with Crippen molar-refractivity contribution in [2.75, 3.05) is 5.32 Å². The predicted octanol–water partition coefficient (Wildman–Crippen LogP) is 3.33. The number of rotatable bonds is 6. The molecule has 0 aliphatic carbocycles. The molecular weight excluding hydrogens is 393 g/mol. The number of carboxylic acids is 1. The molecule has 1 atom stereocenters. The molecular formula is C17H15Cl2N5O3. The number of hydrogen-bond acceptors (Lipinski definition) is 4. The number of hydrogen-bond donors (Lipinski definition) is 2. The lowest BCUT2D eigenvalue weighted by molar-refractivity contribution is -0.119. The zero-order chi connectivity index (χ0) is 19.6. The number of halogens is 2. The summed E-state index contributed by atoms with van der Waals surface area (Å²) >= 11 is 12.0. The fraction of sp³-hybridized carbons (Fsp3) is 0.176. The molecule has 2 heterocycles. The van der Waals surface area contributed by atoms with Crippen LogP contribution in [0.25, 0.3) is 0 Å². The van der Waals surface area contributed by atoms with E-state index in [1.165, 1.54) is 12.3 Å². The van der Waals surface area contributed by atoms with Gasteiger partial charge in [0.1, 0.15) is 11.7 Å². The molecule has 0 aliphatic heterocycles. The summed E-state index contributed by atoms with van der Waals surface area (Å²) in [6, 6.07) is 7.34. The van der Waals surface area contributed by atoms with Crippen LogP contribution in [0.2, 0.25) is 10.0 Å². The quantitative estimate of drug-likeness (QED) is 0.652. The van der Waals surface area contributed by atoms with Gasteiger partial charge in [0.25, 0.3) is 0 Å². The molecule has 3 aromatic rings. The maximum Gasteiger partial charge on any atom is 0.354 e. The zero-order valence-corrected chi connectivity index (χ0v) is 15.6. The minimum atomic E-state index is -1.16. The lowest BCUT2D eigenvalue weighted by Crippen LogP contribution is -2.27. The number of nitrogens with one attached hydrogen (secondary N) is 1. The molecule has 140 valence electrons. The summed E-state index contributed by atoms with van der Waals surface area (Å²) < 4.78 is 2.76. The van der Waals surface area contributed by atoms with E-state index < -0.39 is 17.9 Å². The van der Waals surface area contributed by atoms with Crippen LogP contribution in [0.5, 0.6) is 0 Å². The molecule has 27 heavy (non-hydrogen) atoms. The van der Waals surface area contributed by atoms with Crippen molar-refractivity contribution in [3.05, 3.63) is 64.0 Å². The summed E-state index contributed by atoms with van der Waals surface area (Å²) in [6.45, 7) is 1.96. The first-order chi connectivity index (χ1) is 12.8.